The standard InChI is InChI=1S/C21H15ClF3N3O2/c1-10-16(4-3-14(23)20(10)25)27-9-28(17-5-6-19(29)26-11(17)2)21(30)12-7-15(24)13(22)8-18(12)27/h3-8H,9H2,1-2H3,(H,26,29). The molecule has 0 radical (unpaired) electrons. The Labute approximate surface area is 174 Å². The van der Waals surface area contributed by atoms with Gasteiger partial charge in [0.15, 0.2) is 11.6 Å². The molecular weight excluding hydrogens is 419 g/mol. The first-order chi connectivity index (χ1) is 14.2. The summed E-state index contributed by atoms with van der Waals surface area (Å²) in [5, 5.41) is -0.208. The van der Waals surface area contributed by atoms with Gasteiger partial charge in [-0.2, -0.15) is 0 Å². The van der Waals surface area contributed by atoms with Crippen LogP contribution < -0.4 is 15.4 Å². The van der Waals surface area contributed by atoms with Gasteiger partial charge in [-0.15, -0.1) is 0 Å². The molecule has 1 aromatic heterocycles. The fourth-order valence-corrected chi connectivity index (χ4v) is 3.70. The first-order valence-corrected chi connectivity index (χ1v) is 9.30. The van der Waals surface area contributed by atoms with Crippen LogP contribution in [0.1, 0.15) is 21.6 Å². The van der Waals surface area contributed by atoms with Crippen molar-refractivity contribution in [1.82, 2.24) is 4.98 Å². The van der Waals surface area contributed by atoms with Gasteiger partial charge in [0.2, 0.25) is 5.56 Å². The van der Waals surface area contributed by atoms with Gasteiger partial charge in [-0.1, -0.05) is 11.6 Å². The number of hydrogen-bond donors (Lipinski definition) is 1. The molecule has 1 N–H and O–H groups in total. The summed E-state index contributed by atoms with van der Waals surface area (Å²) >= 11 is 5.94. The van der Waals surface area contributed by atoms with Crippen LogP contribution in [0, 0.1) is 31.3 Å². The second kappa shape index (κ2) is 7.21. The third-order valence-electron chi connectivity index (χ3n) is 5.07. The third kappa shape index (κ3) is 3.13. The van der Waals surface area contributed by atoms with Crippen molar-refractivity contribution in [3.8, 4) is 0 Å². The molecule has 1 amide bonds. The Bertz CT molecular complexity index is 1260. The van der Waals surface area contributed by atoms with Crippen molar-refractivity contribution in [2.24, 2.45) is 0 Å². The number of hydrogen-bond acceptors (Lipinski definition) is 3. The number of carbonyl (C=O) groups is 1. The van der Waals surface area contributed by atoms with Gasteiger partial charge >= 0.3 is 0 Å². The van der Waals surface area contributed by atoms with Gasteiger partial charge in [-0.25, -0.2) is 13.2 Å². The monoisotopic (exact) mass is 433 g/mol. The molecule has 0 saturated heterocycles. The number of amides is 1. The number of halogens is 4. The van der Waals surface area contributed by atoms with Crippen molar-refractivity contribution in [1.29, 1.82) is 0 Å². The Morgan fingerprint density at radius 1 is 0.900 bits per heavy atom. The number of aromatic nitrogens is 1. The van der Waals surface area contributed by atoms with Gasteiger partial charge < -0.3 is 9.88 Å². The minimum Gasteiger partial charge on any atom is -0.324 e. The Morgan fingerprint density at radius 2 is 1.60 bits per heavy atom. The van der Waals surface area contributed by atoms with Crippen LogP contribution in [0.2, 0.25) is 5.02 Å². The molecule has 2 aromatic carbocycles. The highest BCUT2D eigenvalue weighted by Crippen LogP contribution is 2.40. The molecule has 9 heteroatoms. The van der Waals surface area contributed by atoms with Crippen molar-refractivity contribution in [3.63, 3.8) is 0 Å². The predicted molar refractivity (Wildman–Crippen MR) is 108 cm³/mol. The number of nitrogens with one attached hydrogen (secondary N) is 1. The number of benzene rings is 2. The number of H-pyrrole nitrogens is 1. The molecule has 5 nitrogen and oxygen atoms in total. The lowest BCUT2D eigenvalue weighted by Gasteiger charge is -2.39. The van der Waals surface area contributed by atoms with Crippen LogP contribution in [0.25, 0.3) is 0 Å². The topological polar surface area (TPSA) is 56.4 Å². The van der Waals surface area contributed by atoms with E-state index < -0.39 is 23.4 Å². The Balaban J connectivity index is 1.95. The summed E-state index contributed by atoms with van der Waals surface area (Å²) < 4.78 is 42.1. The van der Waals surface area contributed by atoms with E-state index >= 15 is 0 Å². The van der Waals surface area contributed by atoms with Crippen molar-refractivity contribution < 1.29 is 18.0 Å². The molecule has 4 rings (SSSR count). The number of aromatic amines is 1. The third-order valence-corrected chi connectivity index (χ3v) is 5.36. The van der Waals surface area contributed by atoms with Crippen LogP contribution in [0.3, 0.4) is 0 Å². The maximum absolute atomic E-state index is 14.3. The second-order valence-corrected chi connectivity index (χ2v) is 7.33. The van der Waals surface area contributed by atoms with Crippen LogP contribution >= 0.6 is 11.6 Å². The van der Waals surface area contributed by atoms with E-state index in [2.05, 4.69) is 4.98 Å². The Kier molecular flexibility index (Phi) is 4.82. The molecule has 0 spiro atoms. The maximum Gasteiger partial charge on any atom is 0.262 e. The number of nitrogens with zero attached hydrogens (tertiary/aromatic N) is 2. The van der Waals surface area contributed by atoms with Gasteiger partial charge in [0.25, 0.3) is 5.91 Å². The van der Waals surface area contributed by atoms with Gasteiger partial charge in [-0.3, -0.25) is 14.5 Å². The fraction of sp³-hybridized carbons (Fsp3) is 0.143. The highest BCUT2D eigenvalue weighted by Gasteiger charge is 2.34. The van der Waals surface area contributed by atoms with E-state index in [1.54, 1.807) is 11.8 Å². The first-order valence-electron chi connectivity index (χ1n) is 8.92. The van der Waals surface area contributed by atoms with Gasteiger partial charge in [0.05, 0.1) is 22.0 Å². The summed E-state index contributed by atoms with van der Waals surface area (Å²) in [5.74, 6) is -3.33. The average molecular weight is 434 g/mol. The molecule has 0 unspecified atom stereocenters. The van der Waals surface area contributed by atoms with E-state index in [1.165, 1.54) is 36.1 Å². The fourth-order valence-electron chi connectivity index (χ4n) is 3.55. The molecule has 0 aliphatic carbocycles. The smallest absolute Gasteiger partial charge is 0.262 e. The SMILES string of the molecule is Cc1[nH]c(=O)ccc1N1CN(c2ccc(F)c(F)c2C)c2cc(Cl)c(F)cc2C1=O. The molecule has 3 aromatic rings. The Morgan fingerprint density at radius 3 is 2.30 bits per heavy atom. The largest absolute Gasteiger partial charge is 0.324 e. The van der Waals surface area contributed by atoms with E-state index in [0.29, 0.717) is 11.4 Å². The first kappa shape index (κ1) is 20.0. The number of anilines is 3. The zero-order valence-electron chi connectivity index (χ0n) is 15.9. The average Bonchev–Trinajstić information content (AvgIpc) is 2.69. The molecular formula is C21H15ClF3N3O2. The van der Waals surface area contributed by atoms with Crippen LogP contribution in [0.5, 0.6) is 0 Å². The summed E-state index contributed by atoms with van der Waals surface area (Å²) in [6.07, 6.45) is 0. The van der Waals surface area contributed by atoms with E-state index in [4.69, 9.17) is 11.6 Å². The van der Waals surface area contributed by atoms with Gasteiger partial charge in [0.1, 0.15) is 12.5 Å². The summed E-state index contributed by atoms with van der Waals surface area (Å²) in [4.78, 5) is 30.2. The highest BCUT2D eigenvalue weighted by molar-refractivity contribution is 6.31. The number of pyridine rings is 1. The van der Waals surface area contributed by atoms with Gasteiger partial charge in [-0.05, 0) is 44.2 Å². The summed E-state index contributed by atoms with van der Waals surface area (Å²) in [6, 6.07) is 7.38. The molecule has 0 fully saturated rings. The predicted octanol–water partition coefficient (Wildman–Crippen LogP) is 4.82. The lowest BCUT2D eigenvalue weighted by Crippen LogP contribution is -2.46. The van der Waals surface area contributed by atoms with Crippen molar-refractivity contribution in [3.05, 3.63) is 86.0 Å². The summed E-state index contributed by atoms with van der Waals surface area (Å²) in [6.45, 7) is 2.94. The minimum absolute atomic E-state index is 0.00196. The van der Waals surface area contributed by atoms with Crippen molar-refractivity contribution in [2.75, 3.05) is 16.5 Å². The lowest BCUT2D eigenvalue weighted by atomic mass is 10.0. The molecule has 1 aliphatic rings. The quantitative estimate of drug-likeness (QED) is 0.630. The zero-order valence-corrected chi connectivity index (χ0v) is 16.6. The molecule has 30 heavy (non-hydrogen) atoms. The van der Waals surface area contributed by atoms with E-state index in [0.717, 1.165) is 12.1 Å². The lowest BCUT2D eigenvalue weighted by molar-refractivity contribution is 0.0983. The maximum atomic E-state index is 14.3. The molecule has 0 saturated carbocycles. The second-order valence-electron chi connectivity index (χ2n) is 6.92. The van der Waals surface area contributed by atoms with Crippen molar-refractivity contribution >= 4 is 34.6 Å². The van der Waals surface area contributed by atoms with Crippen LogP contribution in [0.15, 0.2) is 41.2 Å². The molecule has 2 heterocycles. The summed E-state index contributed by atoms with van der Waals surface area (Å²) in [7, 11) is 0. The number of carbonyl (C=O) groups excluding carboxylic acids is 1. The van der Waals surface area contributed by atoms with Crippen LogP contribution in [0.4, 0.5) is 30.2 Å². The van der Waals surface area contributed by atoms with Crippen LogP contribution in [-0.4, -0.2) is 17.6 Å². The molecule has 154 valence electrons. The van der Waals surface area contributed by atoms with Gasteiger partial charge in [0, 0.05) is 23.0 Å². The Hall–Kier alpha value is -3.26. The number of aryl methyl sites for hydroxylation is 1. The highest BCUT2D eigenvalue weighted by atomic mass is 35.5. The number of fused-ring (bicyclic) bond motifs is 1. The number of rotatable bonds is 2. The summed E-state index contributed by atoms with van der Waals surface area (Å²) in [5.41, 5.74) is 1.05. The molecule has 1 aliphatic heterocycles. The van der Waals surface area contributed by atoms with Crippen LogP contribution in [-0.2, 0) is 0 Å². The van der Waals surface area contributed by atoms with E-state index in [9.17, 15) is 22.8 Å². The zero-order chi connectivity index (χ0) is 21.7. The normalized spacial score (nSPS) is 13.6. The van der Waals surface area contributed by atoms with Crippen molar-refractivity contribution in [2.45, 2.75) is 13.8 Å². The van der Waals surface area contributed by atoms with E-state index in [-0.39, 0.29) is 39.8 Å². The minimum atomic E-state index is -1.02. The molecule has 0 bridgehead atoms. The molecule has 0 atom stereocenters. The van der Waals surface area contributed by atoms with E-state index in [1.807, 2.05) is 0 Å².